The summed E-state index contributed by atoms with van der Waals surface area (Å²) in [5, 5.41) is 17.0. The minimum absolute atomic E-state index is 0.234. The predicted molar refractivity (Wildman–Crippen MR) is 53.1 cm³/mol. The SMILES string of the molecule is CC(C(=O)O)N(C)C(=O)N(C)CCC#N. The van der Waals surface area contributed by atoms with Gasteiger partial charge in [0.2, 0.25) is 0 Å². The molecule has 0 aromatic carbocycles. The predicted octanol–water partition coefficient (Wildman–Crippen LogP) is 0.357. The Bertz CT molecular complexity index is 285. The maximum absolute atomic E-state index is 11.6. The molecular formula is C9H15N3O3. The monoisotopic (exact) mass is 213 g/mol. The van der Waals surface area contributed by atoms with Gasteiger partial charge in [-0.25, -0.2) is 9.59 Å². The van der Waals surface area contributed by atoms with Crippen LogP contribution in [0.3, 0.4) is 0 Å². The second-order valence-electron chi connectivity index (χ2n) is 3.24. The molecule has 15 heavy (non-hydrogen) atoms. The third-order valence-electron chi connectivity index (χ3n) is 2.13. The fraction of sp³-hybridized carbons (Fsp3) is 0.667. The van der Waals surface area contributed by atoms with E-state index in [1.165, 1.54) is 25.9 Å². The van der Waals surface area contributed by atoms with E-state index in [-0.39, 0.29) is 6.42 Å². The summed E-state index contributed by atoms with van der Waals surface area (Å²) >= 11 is 0. The van der Waals surface area contributed by atoms with Gasteiger partial charge >= 0.3 is 12.0 Å². The van der Waals surface area contributed by atoms with Gasteiger partial charge in [0.1, 0.15) is 6.04 Å². The first kappa shape index (κ1) is 13.2. The number of amides is 2. The Balaban J connectivity index is 4.32. The van der Waals surface area contributed by atoms with Gasteiger partial charge in [-0.3, -0.25) is 0 Å². The van der Waals surface area contributed by atoms with E-state index < -0.39 is 18.0 Å². The van der Waals surface area contributed by atoms with Crippen molar-refractivity contribution in [3.05, 3.63) is 0 Å². The van der Waals surface area contributed by atoms with Gasteiger partial charge in [0.25, 0.3) is 0 Å². The van der Waals surface area contributed by atoms with E-state index in [2.05, 4.69) is 0 Å². The summed E-state index contributed by atoms with van der Waals surface area (Å²) in [5.41, 5.74) is 0. The fourth-order valence-corrected chi connectivity index (χ4v) is 0.914. The zero-order valence-corrected chi connectivity index (χ0v) is 9.10. The summed E-state index contributed by atoms with van der Waals surface area (Å²) in [5.74, 6) is -1.06. The number of likely N-dealkylation sites (N-methyl/N-ethyl adjacent to an activating group) is 1. The maximum atomic E-state index is 11.6. The summed E-state index contributed by atoms with van der Waals surface area (Å²) in [6, 6.07) is 0.640. The van der Waals surface area contributed by atoms with Gasteiger partial charge in [-0.1, -0.05) is 0 Å². The summed E-state index contributed by atoms with van der Waals surface area (Å²) in [6.07, 6.45) is 0.234. The molecule has 0 aliphatic rings. The number of carboxylic acids is 1. The zero-order valence-electron chi connectivity index (χ0n) is 9.10. The number of urea groups is 1. The molecule has 0 saturated carbocycles. The standard InChI is InChI=1S/C9H15N3O3/c1-7(8(13)14)12(3)9(15)11(2)6-4-5-10/h7H,4,6H2,1-3H3,(H,13,14). The number of aliphatic carboxylic acids is 1. The van der Waals surface area contributed by atoms with Gasteiger partial charge in [0.05, 0.1) is 12.5 Å². The maximum Gasteiger partial charge on any atom is 0.326 e. The molecule has 0 fully saturated rings. The van der Waals surface area contributed by atoms with Gasteiger partial charge in [-0.05, 0) is 6.92 Å². The fourth-order valence-electron chi connectivity index (χ4n) is 0.914. The van der Waals surface area contributed by atoms with Gasteiger partial charge in [-0.2, -0.15) is 5.26 Å². The van der Waals surface area contributed by atoms with Crippen LogP contribution >= 0.6 is 0 Å². The van der Waals surface area contributed by atoms with Crippen molar-refractivity contribution >= 4 is 12.0 Å². The summed E-state index contributed by atoms with van der Waals surface area (Å²) in [7, 11) is 2.95. The van der Waals surface area contributed by atoms with Crippen molar-refractivity contribution in [2.24, 2.45) is 0 Å². The second-order valence-corrected chi connectivity index (χ2v) is 3.24. The van der Waals surface area contributed by atoms with Crippen LogP contribution in [0.4, 0.5) is 4.79 Å². The van der Waals surface area contributed by atoms with Crippen LogP contribution in [-0.2, 0) is 4.79 Å². The molecule has 0 aliphatic carbocycles. The lowest BCUT2D eigenvalue weighted by Gasteiger charge is -2.26. The molecule has 0 aromatic rings. The minimum atomic E-state index is -1.06. The highest BCUT2D eigenvalue weighted by Gasteiger charge is 2.23. The van der Waals surface area contributed by atoms with Crippen molar-refractivity contribution < 1.29 is 14.7 Å². The first-order valence-electron chi connectivity index (χ1n) is 4.49. The molecule has 1 atom stereocenters. The number of carbonyl (C=O) groups is 2. The van der Waals surface area contributed by atoms with Crippen LogP contribution in [0.5, 0.6) is 0 Å². The van der Waals surface area contributed by atoms with Crippen LogP contribution in [0.2, 0.25) is 0 Å². The summed E-state index contributed by atoms with van der Waals surface area (Å²) in [6.45, 7) is 1.73. The molecule has 2 amide bonds. The van der Waals surface area contributed by atoms with Gasteiger partial charge in [0.15, 0.2) is 0 Å². The number of hydrogen-bond donors (Lipinski definition) is 1. The van der Waals surface area contributed by atoms with Crippen LogP contribution in [-0.4, -0.2) is 53.6 Å². The molecule has 1 unspecified atom stereocenters. The van der Waals surface area contributed by atoms with E-state index in [1.54, 1.807) is 0 Å². The Morgan fingerprint density at radius 1 is 1.47 bits per heavy atom. The third kappa shape index (κ3) is 3.85. The lowest BCUT2D eigenvalue weighted by molar-refractivity contribution is -0.141. The normalized spacial score (nSPS) is 11.3. The first-order chi connectivity index (χ1) is 6.91. The van der Waals surface area contributed by atoms with Crippen molar-refractivity contribution in [3.8, 4) is 6.07 Å². The Labute approximate surface area is 88.7 Å². The molecule has 0 bridgehead atoms. The molecule has 0 rings (SSSR count). The summed E-state index contributed by atoms with van der Waals surface area (Å²) < 4.78 is 0. The van der Waals surface area contributed by atoms with E-state index in [4.69, 9.17) is 10.4 Å². The topological polar surface area (TPSA) is 84.6 Å². The Kier molecular flexibility index (Phi) is 5.16. The number of carbonyl (C=O) groups excluding carboxylic acids is 1. The lowest BCUT2D eigenvalue weighted by Crippen LogP contribution is -2.46. The van der Waals surface area contributed by atoms with E-state index in [0.717, 1.165) is 4.90 Å². The molecule has 84 valence electrons. The van der Waals surface area contributed by atoms with Gasteiger partial charge < -0.3 is 14.9 Å². The van der Waals surface area contributed by atoms with Crippen molar-refractivity contribution in [1.82, 2.24) is 9.80 Å². The van der Waals surface area contributed by atoms with Crippen LogP contribution in [0.1, 0.15) is 13.3 Å². The van der Waals surface area contributed by atoms with Crippen molar-refractivity contribution in [3.63, 3.8) is 0 Å². The van der Waals surface area contributed by atoms with Crippen LogP contribution in [0.15, 0.2) is 0 Å². The Hall–Kier alpha value is -1.77. The molecule has 6 heteroatoms. The lowest BCUT2D eigenvalue weighted by atomic mass is 10.3. The molecule has 0 aliphatic heterocycles. The van der Waals surface area contributed by atoms with Crippen molar-refractivity contribution in [1.29, 1.82) is 5.26 Å². The molecule has 0 spiro atoms. The first-order valence-corrected chi connectivity index (χ1v) is 4.49. The van der Waals surface area contributed by atoms with E-state index in [1.807, 2.05) is 6.07 Å². The molecule has 0 aromatic heterocycles. The van der Waals surface area contributed by atoms with Gasteiger partial charge in [-0.15, -0.1) is 0 Å². The van der Waals surface area contributed by atoms with E-state index >= 15 is 0 Å². The largest absolute Gasteiger partial charge is 0.480 e. The van der Waals surface area contributed by atoms with Crippen molar-refractivity contribution in [2.75, 3.05) is 20.6 Å². The zero-order chi connectivity index (χ0) is 12.0. The Morgan fingerprint density at radius 2 is 2.00 bits per heavy atom. The average Bonchev–Trinajstić information content (AvgIpc) is 2.22. The minimum Gasteiger partial charge on any atom is -0.480 e. The molecule has 1 N–H and O–H groups in total. The van der Waals surface area contributed by atoms with Crippen molar-refractivity contribution in [2.45, 2.75) is 19.4 Å². The van der Waals surface area contributed by atoms with E-state index in [9.17, 15) is 9.59 Å². The summed E-state index contributed by atoms with van der Waals surface area (Å²) in [4.78, 5) is 24.6. The molecule has 6 nitrogen and oxygen atoms in total. The van der Waals surface area contributed by atoms with Crippen LogP contribution in [0.25, 0.3) is 0 Å². The average molecular weight is 213 g/mol. The molecule has 0 saturated heterocycles. The highest BCUT2D eigenvalue weighted by atomic mass is 16.4. The van der Waals surface area contributed by atoms with Gasteiger partial charge in [0, 0.05) is 20.6 Å². The molecule has 0 radical (unpaired) electrons. The molecular weight excluding hydrogens is 198 g/mol. The molecule has 0 heterocycles. The van der Waals surface area contributed by atoms with E-state index in [0.29, 0.717) is 6.54 Å². The second kappa shape index (κ2) is 5.86. The third-order valence-corrected chi connectivity index (χ3v) is 2.13. The highest BCUT2D eigenvalue weighted by molar-refractivity contribution is 5.82. The number of rotatable bonds is 4. The number of nitriles is 1. The number of carboxylic acid groups (broad SMARTS) is 1. The Morgan fingerprint density at radius 3 is 2.40 bits per heavy atom. The highest BCUT2D eigenvalue weighted by Crippen LogP contribution is 2.01. The number of nitrogens with zero attached hydrogens (tertiary/aromatic N) is 3. The van der Waals surface area contributed by atoms with Crippen LogP contribution < -0.4 is 0 Å². The smallest absolute Gasteiger partial charge is 0.326 e. The van der Waals surface area contributed by atoms with Crippen LogP contribution in [0, 0.1) is 11.3 Å². The number of hydrogen-bond acceptors (Lipinski definition) is 3. The quantitative estimate of drug-likeness (QED) is 0.730.